The van der Waals surface area contributed by atoms with Gasteiger partial charge in [-0.2, -0.15) is 8.78 Å². The van der Waals surface area contributed by atoms with Crippen LogP contribution < -0.4 is 4.74 Å². The summed E-state index contributed by atoms with van der Waals surface area (Å²) in [6.45, 7) is -0.733. The smallest absolute Gasteiger partial charge is 0.306 e. The zero-order valence-electron chi connectivity index (χ0n) is 10.5. The van der Waals surface area contributed by atoms with E-state index in [9.17, 15) is 8.78 Å². The van der Waals surface area contributed by atoms with E-state index >= 15 is 0 Å². The van der Waals surface area contributed by atoms with Crippen LogP contribution in [0.2, 0.25) is 0 Å². The van der Waals surface area contributed by atoms with E-state index < -0.39 is 12.5 Å². The lowest BCUT2D eigenvalue weighted by molar-refractivity contribution is -0.0470. The van der Waals surface area contributed by atoms with E-state index in [1.54, 1.807) is 36.4 Å². The minimum Gasteiger partial charge on any atom is -0.485 e. The van der Waals surface area contributed by atoms with Gasteiger partial charge in [-0.25, -0.2) is 0 Å². The van der Waals surface area contributed by atoms with Crippen LogP contribution in [0.15, 0.2) is 53.0 Å². The third-order valence-electron chi connectivity index (χ3n) is 2.79. The normalized spacial score (nSPS) is 11.4. The van der Waals surface area contributed by atoms with Crippen molar-refractivity contribution in [2.75, 3.05) is 6.61 Å². The summed E-state index contributed by atoms with van der Waals surface area (Å²) in [4.78, 5) is 0. The van der Waals surface area contributed by atoms with Gasteiger partial charge in [-0.1, -0.05) is 42.5 Å². The number of hydrogen-bond donors (Lipinski definition) is 0. The molecule has 0 N–H and O–H groups in total. The summed E-state index contributed by atoms with van der Waals surface area (Å²) in [7, 11) is 0. The van der Waals surface area contributed by atoms with Crippen LogP contribution in [-0.2, 0) is 11.8 Å². The summed E-state index contributed by atoms with van der Waals surface area (Å²) in [5, 5.41) is 0. The van der Waals surface area contributed by atoms with Gasteiger partial charge in [-0.05, 0) is 22.0 Å². The quantitative estimate of drug-likeness (QED) is 0.652. The second kappa shape index (κ2) is 6.55. The van der Waals surface area contributed by atoms with E-state index in [1.807, 2.05) is 0 Å². The van der Waals surface area contributed by atoms with Gasteiger partial charge in [-0.15, -0.1) is 11.6 Å². The molecule has 0 spiro atoms. The Bertz CT molecular complexity index is 575. The van der Waals surface area contributed by atoms with Crippen LogP contribution in [0.25, 0.3) is 0 Å². The van der Waals surface area contributed by atoms with Crippen LogP contribution >= 0.6 is 27.5 Å². The van der Waals surface area contributed by atoms with Gasteiger partial charge in [0.25, 0.3) is 0 Å². The standard InChI is InChI=1S/C15H12BrClF2O/c16-13-8-4-5-11(9-17)14(13)20-10-15(18,19)12-6-2-1-3-7-12/h1-8H,9-10H2. The summed E-state index contributed by atoms with van der Waals surface area (Å²) in [6, 6.07) is 12.9. The molecule has 0 saturated carbocycles. The molecule has 2 rings (SSSR count). The molecular formula is C15H12BrClF2O. The molecule has 0 fully saturated rings. The van der Waals surface area contributed by atoms with Crippen LogP contribution in [0.1, 0.15) is 11.1 Å². The Balaban J connectivity index is 2.17. The van der Waals surface area contributed by atoms with E-state index in [1.165, 1.54) is 12.1 Å². The van der Waals surface area contributed by atoms with Crippen LogP contribution in [0.4, 0.5) is 8.78 Å². The van der Waals surface area contributed by atoms with Gasteiger partial charge in [0.1, 0.15) is 5.75 Å². The Hall–Kier alpha value is -1.13. The molecule has 20 heavy (non-hydrogen) atoms. The van der Waals surface area contributed by atoms with Crippen molar-refractivity contribution in [1.29, 1.82) is 0 Å². The Kier molecular flexibility index (Phi) is 5.00. The summed E-state index contributed by atoms with van der Waals surface area (Å²) < 4.78 is 34.0. The maximum absolute atomic E-state index is 14.0. The van der Waals surface area contributed by atoms with Crippen LogP contribution in [0, 0.1) is 0 Å². The molecule has 0 unspecified atom stereocenters. The zero-order valence-corrected chi connectivity index (χ0v) is 12.8. The highest BCUT2D eigenvalue weighted by molar-refractivity contribution is 9.10. The average Bonchev–Trinajstić information content (AvgIpc) is 2.46. The Morgan fingerprint density at radius 2 is 1.75 bits per heavy atom. The fourth-order valence-corrected chi connectivity index (χ4v) is 2.48. The van der Waals surface area contributed by atoms with E-state index in [0.717, 1.165) is 0 Å². The lowest BCUT2D eigenvalue weighted by Gasteiger charge is -2.19. The first-order valence-corrected chi connectivity index (χ1v) is 7.27. The second-order valence-electron chi connectivity index (χ2n) is 4.22. The number of para-hydroxylation sites is 1. The van der Waals surface area contributed by atoms with Crippen molar-refractivity contribution in [3.63, 3.8) is 0 Å². The fraction of sp³-hybridized carbons (Fsp3) is 0.200. The molecule has 0 saturated heterocycles. The van der Waals surface area contributed by atoms with Gasteiger partial charge in [0, 0.05) is 11.1 Å². The van der Waals surface area contributed by atoms with E-state index in [0.29, 0.717) is 15.8 Å². The maximum Gasteiger partial charge on any atom is 0.306 e. The number of halogens is 4. The molecule has 2 aromatic carbocycles. The summed E-state index contributed by atoms with van der Waals surface area (Å²) in [6.07, 6.45) is 0. The zero-order chi connectivity index (χ0) is 14.6. The largest absolute Gasteiger partial charge is 0.485 e. The lowest BCUT2D eigenvalue weighted by Crippen LogP contribution is -2.23. The number of benzene rings is 2. The summed E-state index contributed by atoms with van der Waals surface area (Å²) >= 11 is 9.07. The van der Waals surface area contributed by atoms with Crippen molar-refractivity contribution < 1.29 is 13.5 Å². The lowest BCUT2D eigenvalue weighted by atomic mass is 10.1. The molecule has 1 nitrogen and oxygen atoms in total. The fourth-order valence-electron chi connectivity index (χ4n) is 1.75. The van der Waals surface area contributed by atoms with Crippen molar-refractivity contribution in [2.45, 2.75) is 11.8 Å². The molecule has 2 aromatic rings. The Morgan fingerprint density at radius 3 is 2.40 bits per heavy atom. The number of alkyl halides is 3. The molecule has 0 aliphatic carbocycles. The van der Waals surface area contributed by atoms with Crippen molar-refractivity contribution in [3.05, 3.63) is 64.1 Å². The first kappa shape index (κ1) is 15.3. The Morgan fingerprint density at radius 1 is 1.05 bits per heavy atom. The summed E-state index contributed by atoms with van der Waals surface area (Å²) in [5.41, 5.74) is 0.601. The van der Waals surface area contributed by atoms with Crippen LogP contribution in [-0.4, -0.2) is 6.61 Å². The third kappa shape index (κ3) is 3.49. The van der Waals surface area contributed by atoms with E-state index in [-0.39, 0.29) is 11.4 Å². The highest BCUT2D eigenvalue weighted by Crippen LogP contribution is 2.34. The number of ether oxygens (including phenoxy) is 1. The maximum atomic E-state index is 14.0. The van der Waals surface area contributed by atoms with Crippen molar-refractivity contribution in [1.82, 2.24) is 0 Å². The first-order valence-electron chi connectivity index (χ1n) is 5.94. The molecule has 0 aromatic heterocycles. The van der Waals surface area contributed by atoms with Crippen LogP contribution in [0.3, 0.4) is 0 Å². The molecule has 0 atom stereocenters. The highest BCUT2D eigenvalue weighted by atomic mass is 79.9. The molecule has 0 aliphatic heterocycles. The van der Waals surface area contributed by atoms with Gasteiger partial charge in [0.2, 0.25) is 0 Å². The van der Waals surface area contributed by atoms with E-state index in [4.69, 9.17) is 16.3 Å². The second-order valence-corrected chi connectivity index (χ2v) is 5.34. The van der Waals surface area contributed by atoms with Crippen molar-refractivity contribution >= 4 is 27.5 Å². The first-order chi connectivity index (χ1) is 9.54. The molecule has 5 heteroatoms. The molecule has 106 valence electrons. The molecule has 0 aliphatic rings. The third-order valence-corrected chi connectivity index (χ3v) is 3.70. The van der Waals surface area contributed by atoms with Crippen LogP contribution in [0.5, 0.6) is 5.75 Å². The van der Waals surface area contributed by atoms with Gasteiger partial charge in [-0.3, -0.25) is 0 Å². The molecular weight excluding hydrogens is 350 g/mol. The average molecular weight is 362 g/mol. The molecule has 0 heterocycles. The number of hydrogen-bond acceptors (Lipinski definition) is 1. The molecule has 0 radical (unpaired) electrons. The molecule has 0 amide bonds. The monoisotopic (exact) mass is 360 g/mol. The van der Waals surface area contributed by atoms with Gasteiger partial charge in [0.05, 0.1) is 10.4 Å². The summed E-state index contributed by atoms with van der Waals surface area (Å²) in [5.74, 6) is -2.50. The molecule has 0 bridgehead atoms. The predicted octanol–water partition coefficient (Wildman–Crippen LogP) is 5.36. The minimum atomic E-state index is -3.06. The number of rotatable bonds is 5. The SMILES string of the molecule is FC(F)(COc1c(Br)cccc1CCl)c1ccccc1. The van der Waals surface area contributed by atoms with Crippen molar-refractivity contribution in [2.24, 2.45) is 0 Å². The van der Waals surface area contributed by atoms with Gasteiger partial charge >= 0.3 is 5.92 Å². The Labute approximate surface area is 129 Å². The van der Waals surface area contributed by atoms with E-state index in [2.05, 4.69) is 15.9 Å². The minimum absolute atomic E-state index is 0.0699. The topological polar surface area (TPSA) is 9.23 Å². The van der Waals surface area contributed by atoms with Crippen molar-refractivity contribution in [3.8, 4) is 5.75 Å². The van der Waals surface area contributed by atoms with Gasteiger partial charge in [0.15, 0.2) is 6.61 Å². The highest BCUT2D eigenvalue weighted by Gasteiger charge is 2.32. The van der Waals surface area contributed by atoms with Gasteiger partial charge < -0.3 is 4.74 Å². The predicted molar refractivity (Wildman–Crippen MR) is 79.5 cm³/mol.